The highest BCUT2D eigenvalue weighted by molar-refractivity contribution is 7.90. The number of carbonyl (C=O) groups is 1. The molecule has 1 N–H and O–H groups in total. The monoisotopic (exact) mass is 409 g/mol. The molecule has 5 heteroatoms. The topological polar surface area (TPSA) is 63.2 Å². The first-order chi connectivity index (χ1) is 14.0. The summed E-state index contributed by atoms with van der Waals surface area (Å²) in [7, 11) is -3.61. The van der Waals surface area contributed by atoms with Crippen LogP contribution in [0.2, 0.25) is 0 Å². The molecule has 0 saturated heterocycles. The van der Waals surface area contributed by atoms with Crippen LogP contribution in [0.1, 0.15) is 48.0 Å². The molecule has 6 rings (SSSR count). The van der Waals surface area contributed by atoms with Gasteiger partial charge in [-0.05, 0) is 73.5 Å². The van der Waals surface area contributed by atoms with Gasteiger partial charge in [0.1, 0.15) is 0 Å². The highest BCUT2D eigenvalue weighted by atomic mass is 32.2. The van der Waals surface area contributed by atoms with E-state index in [1.54, 1.807) is 36.4 Å². The van der Waals surface area contributed by atoms with Crippen LogP contribution in [-0.2, 0) is 15.6 Å². The van der Waals surface area contributed by atoms with E-state index in [9.17, 15) is 13.2 Å². The van der Waals surface area contributed by atoms with Gasteiger partial charge in [-0.15, -0.1) is 0 Å². The SMILES string of the molecule is O=C(NC1C2CC3CC(C2)CC1C3)c1ccccc1S(=O)(=O)Cc1ccccc1. The molecule has 4 nitrogen and oxygen atoms in total. The summed E-state index contributed by atoms with van der Waals surface area (Å²) in [5.74, 6) is 2.45. The van der Waals surface area contributed by atoms with Gasteiger partial charge in [0, 0.05) is 6.04 Å². The van der Waals surface area contributed by atoms with Crippen LogP contribution in [0, 0.1) is 23.7 Å². The number of carbonyl (C=O) groups excluding carboxylic acids is 1. The van der Waals surface area contributed by atoms with Gasteiger partial charge in [0.15, 0.2) is 9.84 Å². The van der Waals surface area contributed by atoms with Crippen LogP contribution in [0.3, 0.4) is 0 Å². The Balaban J connectivity index is 1.38. The van der Waals surface area contributed by atoms with Crippen LogP contribution in [0.4, 0.5) is 0 Å². The van der Waals surface area contributed by atoms with E-state index in [2.05, 4.69) is 5.32 Å². The highest BCUT2D eigenvalue weighted by Crippen LogP contribution is 2.53. The Hall–Kier alpha value is -2.14. The van der Waals surface area contributed by atoms with Crippen molar-refractivity contribution in [3.63, 3.8) is 0 Å². The number of nitrogens with one attached hydrogen (secondary N) is 1. The number of sulfone groups is 1. The van der Waals surface area contributed by atoms with Crippen molar-refractivity contribution in [1.82, 2.24) is 5.32 Å². The summed E-state index contributed by atoms with van der Waals surface area (Å²) < 4.78 is 26.2. The summed E-state index contributed by atoms with van der Waals surface area (Å²) in [6, 6.07) is 16.0. The van der Waals surface area contributed by atoms with Gasteiger partial charge in [-0.1, -0.05) is 42.5 Å². The van der Waals surface area contributed by atoms with Crippen LogP contribution in [0.5, 0.6) is 0 Å². The molecule has 0 heterocycles. The second kappa shape index (κ2) is 7.28. The molecule has 2 aromatic carbocycles. The Bertz CT molecular complexity index is 987. The molecule has 4 bridgehead atoms. The third kappa shape index (κ3) is 3.61. The average molecular weight is 410 g/mol. The van der Waals surface area contributed by atoms with E-state index < -0.39 is 9.84 Å². The van der Waals surface area contributed by atoms with Crippen molar-refractivity contribution in [2.45, 2.75) is 48.8 Å². The van der Waals surface area contributed by atoms with E-state index >= 15 is 0 Å². The van der Waals surface area contributed by atoms with Crippen LogP contribution in [0.25, 0.3) is 0 Å². The van der Waals surface area contributed by atoms with Gasteiger partial charge in [-0.2, -0.15) is 0 Å². The van der Waals surface area contributed by atoms with Crippen LogP contribution >= 0.6 is 0 Å². The van der Waals surface area contributed by atoms with Crippen LogP contribution in [0.15, 0.2) is 59.5 Å². The van der Waals surface area contributed by atoms with Gasteiger partial charge < -0.3 is 5.32 Å². The summed E-state index contributed by atoms with van der Waals surface area (Å²) in [6.45, 7) is 0. The Morgan fingerprint density at radius 1 is 0.828 bits per heavy atom. The Morgan fingerprint density at radius 3 is 2.07 bits per heavy atom. The lowest BCUT2D eigenvalue weighted by Gasteiger charge is -2.54. The van der Waals surface area contributed by atoms with Crippen LogP contribution < -0.4 is 5.32 Å². The van der Waals surface area contributed by atoms with Gasteiger partial charge >= 0.3 is 0 Å². The van der Waals surface area contributed by atoms with E-state index in [0.29, 0.717) is 11.8 Å². The van der Waals surface area contributed by atoms with Crippen molar-refractivity contribution in [1.29, 1.82) is 0 Å². The van der Waals surface area contributed by atoms with Crippen molar-refractivity contribution < 1.29 is 13.2 Å². The van der Waals surface area contributed by atoms with E-state index in [-0.39, 0.29) is 28.2 Å². The number of rotatable bonds is 5. The molecule has 4 aliphatic carbocycles. The van der Waals surface area contributed by atoms with Crippen molar-refractivity contribution in [2.75, 3.05) is 0 Å². The summed E-state index contributed by atoms with van der Waals surface area (Å²) in [5, 5.41) is 3.25. The Labute approximate surface area is 172 Å². The lowest BCUT2D eigenvalue weighted by molar-refractivity contribution is -0.0120. The highest BCUT2D eigenvalue weighted by Gasteiger charge is 2.48. The predicted molar refractivity (Wildman–Crippen MR) is 112 cm³/mol. The van der Waals surface area contributed by atoms with E-state index in [1.807, 2.05) is 18.2 Å². The third-order valence-corrected chi connectivity index (χ3v) is 8.93. The Morgan fingerprint density at radius 2 is 1.41 bits per heavy atom. The predicted octanol–water partition coefficient (Wildman–Crippen LogP) is 4.22. The second-order valence-corrected chi connectivity index (χ2v) is 11.1. The van der Waals surface area contributed by atoms with E-state index in [0.717, 1.165) is 17.4 Å². The molecule has 152 valence electrons. The van der Waals surface area contributed by atoms with Crippen molar-refractivity contribution >= 4 is 15.7 Å². The van der Waals surface area contributed by atoms with Gasteiger partial charge in [-0.3, -0.25) is 4.79 Å². The molecule has 4 saturated carbocycles. The third-order valence-electron chi connectivity index (χ3n) is 7.19. The zero-order valence-electron chi connectivity index (χ0n) is 16.5. The number of hydrogen-bond donors (Lipinski definition) is 1. The summed E-state index contributed by atoms with van der Waals surface area (Å²) >= 11 is 0. The largest absolute Gasteiger partial charge is 0.349 e. The first kappa shape index (κ1) is 18.9. The van der Waals surface area contributed by atoms with E-state index in [4.69, 9.17) is 0 Å². The normalized spacial score (nSPS) is 30.3. The second-order valence-electron chi connectivity index (χ2n) is 9.17. The lowest BCUT2D eigenvalue weighted by atomic mass is 9.54. The molecule has 0 radical (unpaired) electrons. The molecular formula is C24H27NO3S. The summed E-state index contributed by atoms with van der Waals surface area (Å²) in [4.78, 5) is 13.3. The standard InChI is InChI=1S/C24H27NO3S/c26-24(25-23-19-11-17-10-18(13-19)14-20(23)12-17)21-8-4-5-9-22(21)29(27,28)15-16-6-2-1-3-7-16/h1-9,17-20,23H,10-15H2,(H,25,26). The summed E-state index contributed by atoms with van der Waals surface area (Å²) in [5.41, 5.74) is 1.00. The molecule has 29 heavy (non-hydrogen) atoms. The van der Waals surface area contributed by atoms with Crippen molar-refractivity contribution in [3.8, 4) is 0 Å². The van der Waals surface area contributed by atoms with Crippen molar-refractivity contribution in [3.05, 3.63) is 65.7 Å². The van der Waals surface area contributed by atoms with Crippen LogP contribution in [-0.4, -0.2) is 20.4 Å². The van der Waals surface area contributed by atoms with Gasteiger partial charge in [0.25, 0.3) is 5.91 Å². The smallest absolute Gasteiger partial charge is 0.252 e. The first-order valence-electron chi connectivity index (χ1n) is 10.7. The molecular weight excluding hydrogens is 382 g/mol. The molecule has 0 aliphatic heterocycles. The van der Waals surface area contributed by atoms with Crippen molar-refractivity contribution in [2.24, 2.45) is 23.7 Å². The minimum atomic E-state index is -3.61. The maximum Gasteiger partial charge on any atom is 0.252 e. The van der Waals surface area contributed by atoms with Gasteiger partial charge in [0.2, 0.25) is 0 Å². The maximum absolute atomic E-state index is 13.2. The number of benzene rings is 2. The molecule has 0 spiro atoms. The van der Waals surface area contributed by atoms with Gasteiger partial charge in [0.05, 0.1) is 16.2 Å². The minimum absolute atomic E-state index is 0.101. The molecule has 4 fully saturated rings. The fraction of sp³-hybridized carbons (Fsp3) is 0.458. The molecule has 2 aromatic rings. The number of amides is 1. The first-order valence-corrected chi connectivity index (χ1v) is 12.3. The number of hydrogen-bond acceptors (Lipinski definition) is 3. The molecule has 0 atom stereocenters. The zero-order valence-corrected chi connectivity index (χ0v) is 17.3. The maximum atomic E-state index is 13.2. The molecule has 4 aliphatic rings. The lowest BCUT2D eigenvalue weighted by Crippen LogP contribution is -2.55. The summed E-state index contributed by atoms with van der Waals surface area (Å²) in [6.07, 6.45) is 6.23. The zero-order chi connectivity index (χ0) is 20.0. The molecule has 0 unspecified atom stereocenters. The molecule has 1 amide bonds. The van der Waals surface area contributed by atoms with Gasteiger partial charge in [-0.25, -0.2) is 8.42 Å². The Kier molecular flexibility index (Phi) is 4.73. The minimum Gasteiger partial charge on any atom is -0.349 e. The average Bonchev–Trinajstić information content (AvgIpc) is 2.70. The quantitative estimate of drug-likeness (QED) is 0.804. The fourth-order valence-corrected chi connectivity index (χ4v) is 7.76. The van der Waals surface area contributed by atoms with E-state index in [1.165, 1.54) is 32.1 Å². The molecule has 0 aromatic heterocycles. The fourth-order valence-electron chi connectivity index (χ4n) is 6.19.